The molecule has 4 heteroatoms. The van der Waals surface area contributed by atoms with Gasteiger partial charge in [-0.25, -0.2) is 0 Å². The van der Waals surface area contributed by atoms with E-state index in [1.54, 1.807) is 0 Å². The topological polar surface area (TPSA) is 58.9 Å². The van der Waals surface area contributed by atoms with Crippen molar-refractivity contribution in [2.75, 3.05) is 13.7 Å². The van der Waals surface area contributed by atoms with Crippen LogP contribution in [0.15, 0.2) is 0 Å². The second-order valence-electron chi connectivity index (χ2n) is 2.32. The zero-order valence-corrected chi connectivity index (χ0v) is 5.86. The average Bonchev–Trinajstić information content (AvgIpc) is 1.88. The predicted octanol–water partition coefficient (Wildman–Crippen LogP) is -0.899. The van der Waals surface area contributed by atoms with Crippen molar-refractivity contribution >= 4 is 0 Å². The van der Waals surface area contributed by atoms with Gasteiger partial charge in [0.15, 0.2) is 6.29 Å². The minimum Gasteiger partial charge on any atom is -0.390 e. The van der Waals surface area contributed by atoms with Crippen molar-refractivity contribution < 1.29 is 19.7 Å². The van der Waals surface area contributed by atoms with Crippen LogP contribution in [0, 0.1) is 0 Å². The summed E-state index contributed by atoms with van der Waals surface area (Å²) in [5.41, 5.74) is 0. The molecule has 1 heterocycles. The lowest BCUT2D eigenvalue weighted by Crippen LogP contribution is -2.45. The quantitative estimate of drug-likeness (QED) is 0.506. The molecule has 0 aromatic carbocycles. The fourth-order valence-corrected chi connectivity index (χ4v) is 1.03. The van der Waals surface area contributed by atoms with Gasteiger partial charge in [0, 0.05) is 7.11 Å². The maximum Gasteiger partial charge on any atom is 0.183 e. The number of rotatable bonds is 1. The van der Waals surface area contributed by atoms with Crippen LogP contribution in [-0.2, 0) is 9.47 Å². The van der Waals surface area contributed by atoms with Crippen LogP contribution < -0.4 is 0 Å². The molecule has 0 unspecified atom stereocenters. The van der Waals surface area contributed by atoms with Crippen molar-refractivity contribution in [3.63, 3.8) is 0 Å². The molecular weight excluding hydrogens is 136 g/mol. The molecule has 1 rings (SSSR count). The van der Waals surface area contributed by atoms with Gasteiger partial charge in [0.25, 0.3) is 0 Å². The highest BCUT2D eigenvalue weighted by Gasteiger charge is 2.31. The average molecular weight is 148 g/mol. The highest BCUT2D eigenvalue weighted by molar-refractivity contribution is 4.75. The van der Waals surface area contributed by atoms with Crippen molar-refractivity contribution in [3.8, 4) is 0 Å². The molecule has 4 nitrogen and oxygen atoms in total. The third-order valence-corrected chi connectivity index (χ3v) is 1.63. The second kappa shape index (κ2) is 3.30. The summed E-state index contributed by atoms with van der Waals surface area (Å²) in [7, 11) is 1.44. The number of hydrogen-bond acceptors (Lipinski definition) is 4. The van der Waals surface area contributed by atoms with Gasteiger partial charge in [-0.05, 0) is 6.42 Å². The maximum atomic E-state index is 9.17. The molecule has 0 radical (unpaired) electrons. The Morgan fingerprint density at radius 2 is 2.20 bits per heavy atom. The molecule has 10 heavy (non-hydrogen) atoms. The number of ether oxygens (including phenoxy) is 2. The molecule has 60 valence electrons. The molecule has 0 amide bonds. The van der Waals surface area contributed by atoms with Crippen molar-refractivity contribution in [2.45, 2.75) is 24.9 Å². The summed E-state index contributed by atoms with van der Waals surface area (Å²) in [5.74, 6) is 0. The Kier molecular flexibility index (Phi) is 2.62. The van der Waals surface area contributed by atoms with Crippen molar-refractivity contribution in [1.82, 2.24) is 0 Å². The molecule has 0 aromatic heterocycles. The van der Waals surface area contributed by atoms with E-state index >= 15 is 0 Å². The first kappa shape index (κ1) is 7.94. The third-order valence-electron chi connectivity index (χ3n) is 1.63. The summed E-state index contributed by atoms with van der Waals surface area (Å²) in [6.07, 6.45) is -1.65. The standard InChI is InChI=1S/C6H12O4/c1-9-5-4(7)2-3-10-6(5)8/h4-8H,2-3H2,1H3/t4-,5+,6-/m1/s1. The van der Waals surface area contributed by atoms with E-state index in [-0.39, 0.29) is 0 Å². The number of aliphatic hydroxyl groups excluding tert-OH is 2. The summed E-state index contributed by atoms with van der Waals surface area (Å²) in [5, 5.41) is 18.2. The molecule has 0 spiro atoms. The van der Waals surface area contributed by atoms with Crippen LogP contribution in [-0.4, -0.2) is 42.4 Å². The fourth-order valence-electron chi connectivity index (χ4n) is 1.03. The Hall–Kier alpha value is -0.160. The Morgan fingerprint density at radius 1 is 1.50 bits per heavy atom. The van der Waals surface area contributed by atoms with Crippen molar-refractivity contribution in [3.05, 3.63) is 0 Å². The van der Waals surface area contributed by atoms with Crippen LogP contribution in [0.3, 0.4) is 0 Å². The summed E-state index contributed by atoms with van der Waals surface area (Å²) < 4.78 is 9.61. The molecule has 1 fully saturated rings. The van der Waals surface area contributed by atoms with Gasteiger partial charge in [-0.15, -0.1) is 0 Å². The molecule has 1 aliphatic rings. The molecule has 1 saturated heterocycles. The van der Waals surface area contributed by atoms with Crippen LogP contribution in [0.4, 0.5) is 0 Å². The van der Waals surface area contributed by atoms with Gasteiger partial charge in [-0.1, -0.05) is 0 Å². The molecule has 0 aromatic rings. The molecule has 3 atom stereocenters. The first-order valence-corrected chi connectivity index (χ1v) is 3.26. The van der Waals surface area contributed by atoms with E-state index in [4.69, 9.17) is 14.6 Å². The summed E-state index contributed by atoms with van der Waals surface area (Å²) in [4.78, 5) is 0. The SMILES string of the molecule is CO[C@H]1[C@H](O)CCO[C@H]1O. The Morgan fingerprint density at radius 3 is 2.60 bits per heavy atom. The summed E-state index contributed by atoms with van der Waals surface area (Å²) in [6.45, 7) is 0.391. The smallest absolute Gasteiger partial charge is 0.183 e. The van der Waals surface area contributed by atoms with Gasteiger partial charge in [0.2, 0.25) is 0 Å². The van der Waals surface area contributed by atoms with Crippen LogP contribution in [0.1, 0.15) is 6.42 Å². The van der Waals surface area contributed by atoms with Gasteiger partial charge in [-0.3, -0.25) is 0 Å². The summed E-state index contributed by atoms with van der Waals surface area (Å²) in [6, 6.07) is 0. The van der Waals surface area contributed by atoms with Gasteiger partial charge in [0.05, 0.1) is 12.7 Å². The molecular formula is C6H12O4. The van der Waals surface area contributed by atoms with E-state index in [0.717, 1.165) is 0 Å². The van der Waals surface area contributed by atoms with Gasteiger partial charge in [-0.2, -0.15) is 0 Å². The number of hydrogen-bond donors (Lipinski definition) is 2. The van der Waals surface area contributed by atoms with Crippen LogP contribution >= 0.6 is 0 Å². The summed E-state index contributed by atoms with van der Waals surface area (Å²) >= 11 is 0. The monoisotopic (exact) mass is 148 g/mol. The maximum absolute atomic E-state index is 9.17. The van der Waals surface area contributed by atoms with E-state index in [2.05, 4.69) is 0 Å². The van der Waals surface area contributed by atoms with E-state index in [1.165, 1.54) is 7.11 Å². The molecule has 0 aliphatic carbocycles. The van der Waals surface area contributed by atoms with Crippen molar-refractivity contribution in [1.29, 1.82) is 0 Å². The Balaban J connectivity index is 2.45. The highest BCUT2D eigenvalue weighted by atomic mass is 16.6. The third kappa shape index (κ3) is 1.46. The lowest BCUT2D eigenvalue weighted by atomic mass is 10.1. The molecule has 1 aliphatic heterocycles. The van der Waals surface area contributed by atoms with E-state index in [9.17, 15) is 5.11 Å². The van der Waals surface area contributed by atoms with E-state index in [0.29, 0.717) is 13.0 Å². The first-order valence-electron chi connectivity index (χ1n) is 3.26. The predicted molar refractivity (Wildman–Crippen MR) is 33.4 cm³/mol. The van der Waals surface area contributed by atoms with Gasteiger partial charge >= 0.3 is 0 Å². The number of aliphatic hydroxyl groups is 2. The van der Waals surface area contributed by atoms with E-state index in [1.807, 2.05) is 0 Å². The van der Waals surface area contributed by atoms with Crippen LogP contribution in [0.2, 0.25) is 0 Å². The fraction of sp³-hybridized carbons (Fsp3) is 1.00. The van der Waals surface area contributed by atoms with Crippen LogP contribution in [0.5, 0.6) is 0 Å². The second-order valence-corrected chi connectivity index (χ2v) is 2.32. The van der Waals surface area contributed by atoms with Gasteiger partial charge in [0.1, 0.15) is 6.10 Å². The van der Waals surface area contributed by atoms with Crippen LogP contribution in [0.25, 0.3) is 0 Å². The first-order chi connectivity index (χ1) is 4.75. The zero-order valence-electron chi connectivity index (χ0n) is 5.86. The lowest BCUT2D eigenvalue weighted by molar-refractivity contribution is -0.228. The minimum absolute atomic E-state index is 0.391. The largest absolute Gasteiger partial charge is 0.390 e. The zero-order chi connectivity index (χ0) is 7.56. The molecule has 2 N–H and O–H groups in total. The lowest BCUT2D eigenvalue weighted by Gasteiger charge is -2.30. The van der Waals surface area contributed by atoms with E-state index < -0.39 is 18.5 Å². The van der Waals surface area contributed by atoms with Crippen molar-refractivity contribution in [2.24, 2.45) is 0 Å². The Bertz CT molecular complexity index is 95.9. The minimum atomic E-state index is -0.978. The normalized spacial score (nSPS) is 41.7. The Labute approximate surface area is 59.4 Å². The highest BCUT2D eigenvalue weighted by Crippen LogP contribution is 2.14. The molecule has 0 bridgehead atoms. The molecule has 0 saturated carbocycles. The number of methoxy groups -OCH3 is 1. The van der Waals surface area contributed by atoms with Gasteiger partial charge < -0.3 is 19.7 Å².